The molecule has 1 unspecified atom stereocenters. The van der Waals surface area contributed by atoms with Crippen molar-refractivity contribution in [3.05, 3.63) is 0 Å². The van der Waals surface area contributed by atoms with E-state index in [2.05, 4.69) is 17.1 Å². The molecule has 2 fully saturated rings. The van der Waals surface area contributed by atoms with Crippen molar-refractivity contribution in [2.75, 3.05) is 26.2 Å². The lowest BCUT2D eigenvalue weighted by Crippen LogP contribution is -2.46. The second kappa shape index (κ2) is 6.72. The lowest BCUT2D eigenvalue weighted by atomic mass is 10.0. The Morgan fingerprint density at radius 1 is 1.24 bits per heavy atom. The van der Waals surface area contributed by atoms with Gasteiger partial charge in [0.1, 0.15) is 0 Å². The van der Waals surface area contributed by atoms with Gasteiger partial charge in [-0.25, -0.2) is 0 Å². The monoisotopic (exact) mass is 240 g/mol. The standard InChI is InChI=1S/C14H28N2O/c1-2-13(7-10-17)15-14-5-8-16(9-6-14)11-12-3-4-12/h12-15,17H,2-11H2,1H3. The first-order chi connectivity index (χ1) is 8.31. The first kappa shape index (κ1) is 13.3. The van der Waals surface area contributed by atoms with E-state index in [9.17, 15) is 0 Å². The summed E-state index contributed by atoms with van der Waals surface area (Å²) in [6.45, 7) is 6.40. The zero-order valence-electron chi connectivity index (χ0n) is 11.2. The molecule has 0 spiro atoms. The van der Waals surface area contributed by atoms with Crippen LogP contribution in [0.2, 0.25) is 0 Å². The second-order valence-electron chi connectivity index (χ2n) is 5.80. The van der Waals surface area contributed by atoms with Gasteiger partial charge < -0.3 is 15.3 Å². The predicted molar refractivity (Wildman–Crippen MR) is 71.1 cm³/mol. The molecule has 0 aromatic rings. The first-order valence-electron chi connectivity index (χ1n) is 7.41. The summed E-state index contributed by atoms with van der Waals surface area (Å²) in [7, 11) is 0. The van der Waals surface area contributed by atoms with Gasteiger partial charge in [-0.2, -0.15) is 0 Å². The van der Waals surface area contributed by atoms with Crippen molar-refractivity contribution < 1.29 is 5.11 Å². The van der Waals surface area contributed by atoms with E-state index in [1.807, 2.05) is 0 Å². The quantitative estimate of drug-likeness (QED) is 0.710. The molecular weight excluding hydrogens is 212 g/mol. The molecular formula is C14H28N2O. The molecule has 0 aromatic carbocycles. The summed E-state index contributed by atoms with van der Waals surface area (Å²) in [6, 6.07) is 1.20. The third-order valence-corrected chi connectivity index (χ3v) is 4.24. The molecule has 0 radical (unpaired) electrons. The van der Waals surface area contributed by atoms with Gasteiger partial charge in [0.05, 0.1) is 0 Å². The summed E-state index contributed by atoms with van der Waals surface area (Å²) < 4.78 is 0. The zero-order chi connectivity index (χ0) is 12.1. The van der Waals surface area contributed by atoms with Gasteiger partial charge in [-0.05, 0) is 57.5 Å². The van der Waals surface area contributed by atoms with Gasteiger partial charge in [0.25, 0.3) is 0 Å². The number of piperidine rings is 1. The molecule has 1 atom stereocenters. The number of nitrogens with zero attached hydrogens (tertiary/aromatic N) is 1. The second-order valence-corrected chi connectivity index (χ2v) is 5.80. The largest absolute Gasteiger partial charge is 0.396 e. The minimum absolute atomic E-state index is 0.312. The Morgan fingerprint density at radius 2 is 1.94 bits per heavy atom. The Hall–Kier alpha value is -0.120. The van der Waals surface area contributed by atoms with E-state index in [1.54, 1.807) is 0 Å². The van der Waals surface area contributed by atoms with Crippen LogP contribution in [0.25, 0.3) is 0 Å². The smallest absolute Gasteiger partial charge is 0.0445 e. The summed E-state index contributed by atoms with van der Waals surface area (Å²) >= 11 is 0. The molecule has 0 bridgehead atoms. The van der Waals surface area contributed by atoms with Crippen LogP contribution in [-0.2, 0) is 0 Å². The minimum atomic E-state index is 0.312. The van der Waals surface area contributed by atoms with E-state index in [1.165, 1.54) is 45.3 Å². The minimum Gasteiger partial charge on any atom is -0.396 e. The van der Waals surface area contributed by atoms with Crippen LogP contribution in [-0.4, -0.2) is 48.3 Å². The van der Waals surface area contributed by atoms with Gasteiger partial charge in [0.15, 0.2) is 0 Å². The van der Waals surface area contributed by atoms with Gasteiger partial charge in [0, 0.05) is 25.2 Å². The van der Waals surface area contributed by atoms with Gasteiger partial charge >= 0.3 is 0 Å². The van der Waals surface area contributed by atoms with Crippen molar-refractivity contribution in [3.63, 3.8) is 0 Å². The van der Waals surface area contributed by atoms with Gasteiger partial charge in [-0.15, -0.1) is 0 Å². The van der Waals surface area contributed by atoms with Crippen molar-refractivity contribution in [2.24, 2.45) is 5.92 Å². The fourth-order valence-corrected chi connectivity index (χ4v) is 2.84. The highest BCUT2D eigenvalue weighted by Crippen LogP contribution is 2.30. The van der Waals surface area contributed by atoms with E-state index < -0.39 is 0 Å². The van der Waals surface area contributed by atoms with Crippen molar-refractivity contribution in [1.29, 1.82) is 0 Å². The first-order valence-corrected chi connectivity index (χ1v) is 7.41. The fourth-order valence-electron chi connectivity index (χ4n) is 2.84. The third kappa shape index (κ3) is 4.57. The molecule has 1 aliphatic heterocycles. The molecule has 0 amide bonds. The van der Waals surface area contributed by atoms with Crippen LogP contribution in [0.15, 0.2) is 0 Å². The van der Waals surface area contributed by atoms with Crippen LogP contribution in [0.4, 0.5) is 0 Å². The average molecular weight is 240 g/mol. The lowest BCUT2D eigenvalue weighted by Gasteiger charge is -2.34. The maximum absolute atomic E-state index is 9.00. The summed E-state index contributed by atoms with van der Waals surface area (Å²) in [4.78, 5) is 2.64. The van der Waals surface area contributed by atoms with Crippen LogP contribution < -0.4 is 5.32 Å². The molecule has 17 heavy (non-hydrogen) atoms. The molecule has 0 aromatic heterocycles. The molecule has 1 aliphatic carbocycles. The summed E-state index contributed by atoms with van der Waals surface area (Å²) in [5, 5.41) is 12.7. The fraction of sp³-hybridized carbons (Fsp3) is 1.00. The van der Waals surface area contributed by atoms with E-state index in [4.69, 9.17) is 5.11 Å². The number of hydrogen-bond acceptors (Lipinski definition) is 3. The third-order valence-electron chi connectivity index (χ3n) is 4.24. The number of aliphatic hydroxyl groups excluding tert-OH is 1. The maximum atomic E-state index is 9.00. The van der Waals surface area contributed by atoms with Crippen molar-refractivity contribution in [1.82, 2.24) is 10.2 Å². The van der Waals surface area contributed by atoms with Crippen molar-refractivity contribution >= 4 is 0 Å². The molecule has 2 rings (SSSR count). The van der Waals surface area contributed by atoms with Crippen LogP contribution in [0.5, 0.6) is 0 Å². The SMILES string of the molecule is CCC(CCO)NC1CCN(CC2CC2)CC1. The Labute approximate surface area is 106 Å². The highest BCUT2D eigenvalue weighted by molar-refractivity contribution is 4.83. The Balaban J connectivity index is 1.63. The highest BCUT2D eigenvalue weighted by atomic mass is 16.3. The molecule has 2 aliphatic rings. The Morgan fingerprint density at radius 3 is 2.47 bits per heavy atom. The van der Waals surface area contributed by atoms with E-state index in [-0.39, 0.29) is 0 Å². The van der Waals surface area contributed by atoms with Crippen molar-refractivity contribution in [3.8, 4) is 0 Å². The van der Waals surface area contributed by atoms with Crippen LogP contribution >= 0.6 is 0 Å². The van der Waals surface area contributed by atoms with Crippen LogP contribution in [0.3, 0.4) is 0 Å². The van der Waals surface area contributed by atoms with E-state index >= 15 is 0 Å². The predicted octanol–water partition coefficient (Wildman–Crippen LogP) is 1.61. The molecule has 1 saturated carbocycles. The molecule has 3 heteroatoms. The molecule has 3 nitrogen and oxygen atoms in total. The maximum Gasteiger partial charge on any atom is 0.0445 e. The molecule has 1 heterocycles. The topological polar surface area (TPSA) is 35.5 Å². The van der Waals surface area contributed by atoms with Gasteiger partial charge in [0.2, 0.25) is 0 Å². The zero-order valence-corrected chi connectivity index (χ0v) is 11.2. The number of likely N-dealkylation sites (tertiary alicyclic amines) is 1. The van der Waals surface area contributed by atoms with E-state index in [0.29, 0.717) is 18.7 Å². The Bertz CT molecular complexity index is 210. The van der Waals surface area contributed by atoms with Crippen molar-refractivity contribution in [2.45, 2.75) is 57.5 Å². The Kier molecular flexibility index (Phi) is 5.26. The average Bonchev–Trinajstić information content (AvgIpc) is 3.15. The molecule has 2 N–H and O–H groups in total. The van der Waals surface area contributed by atoms with E-state index in [0.717, 1.165) is 18.8 Å². The lowest BCUT2D eigenvalue weighted by molar-refractivity contribution is 0.177. The van der Waals surface area contributed by atoms with Crippen LogP contribution in [0.1, 0.15) is 45.4 Å². The summed E-state index contributed by atoms with van der Waals surface area (Å²) in [5.74, 6) is 1.03. The number of rotatable bonds is 7. The highest BCUT2D eigenvalue weighted by Gasteiger charge is 2.27. The number of hydrogen-bond donors (Lipinski definition) is 2. The number of aliphatic hydroxyl groups is 1. The molecule has 100 valence electrons. The van der Waals surface area contributed by atoms with Gasteiger partial charge in [-0.1, -0.05) is 6.92 Å². The molecule has 1 saturated heterocycles. The number of nitrogens with one attached hydrogen (secondary N) is 1. The van der Waals surface area contributed by atoms with Gasteiger partial charge in [-0.3, -0.25) is 0 Å². The normalized spacial score (nSPS) is 25.1. The summed E-state index contributed by atoms with van der Waals surface area (Å²) in [6.07, 6.45) is 7.53. The summed E-state index contributed by atoms with van der Waals surface area (Å²) in [5.41, 5.74) is 0. The van der Waals surface area contributed by atoms with Crippen LogP contribution in [0, 0.1) is 5.92 Å².